The van der Waals surface area contributed by atoms with Gasteiger partial charge in [0.05, 0.1) is 18.8 Å². The Morgan fingerprint density at radius 2 is 1.88 bits per heavy atom. The van der Waals surface area contributed by atoms with E-state index in [4.69, 9.17) is 4.74 Å². The molecule has 25 heavy (non-hydrogen) atoms. The van der Waals surface area contributed by atoms with E-state index in [-0.39, 0.29) is 24.5 Å². The van der Waals surface area contributed by atoms with Crippen LogP contribution < -0.4 is 20.3 Å². The van der Waals surface area contributed by atoms with Gasteiger partial charge in [-0.2, -0.15) is 0 Å². The van der Waals surface area contributed by atoms with Crippen LogP contribution in [0.15, 0.2) is 24.3 Å². The third kappa shape index (κ3) is 5.09. The van der Waals surface area contributed by atoms with Crippen LogP contribution in [0.4, 0.5) is 10.5 Å². The number of urea groups is 1. The number of carbonyl (C=O) groups excluding carboxylic acids is 2. The van der Waals surface area contributed by atoms with Gasteiger partial charge in [-0.3, -0.25) is 15.0 Å². The molecule has 0 unspecified atom stereocenters. The Bertz CT molecular complexity index is 610. The van der Waals surface area contributed by atoms with E-state index in [0.29, 0.717) is 6.61 Å². The van der Waals surface area contributed by atoms with Crippen molar-refractivity contribution in [2.24, 2.45) is 0 Å². The van der Waals surface area contributed by atoms with Gasteiger partial charge in [0.2, 0.25) is 5.91 Å². The predicted octanol–water partition coefficient (Wildman–Crippen LogP) is 1.20. The molecule has 0 radical (unpaired) electrons. The highest BCUT2D eigenvalue weighted by Crippen LogP contribution is 2.28. The normalized spacial score (nSPS) is 17.9. The van der Waals surface area contributed by atoms with E-state index in [1.54, 1.807) is 0 Å². The Balaban J connectivity index is 1.45. The molecule has 1 saturated heterocycles. The van der Waals surface area contributed by atoms with Gasteiger partial charge in [-0.15, -0.1) is 0 Å². The van der Waals surface area contributed by atoms with E-state index < -0.39 is 0 Å². The number of carbonyl (C=O) groups is 2. The minimum Gasteiger partial charge on any atom is -0.492 e. The van der Waals surface area contributed by atoms with Crippen LogP contribution in [0.2, 0.25) is 0 Å². The minimum absolute atomic E-state index is 0.249. The van der Waals surface area contributed by atoms with Gasteiger partial charge in [-0.25, -0.2) is 4.79 Å². The summed E-state index contributed by atoms with van der Waals surface area (Å²) >= 11 is 0. The zero-order chi connectivity index (χ0) is 17.6. The second-order valence-electron chi connectivity index (χ2n) is 6.46. The van der Waals surface area contributed by atoms with Gasteiger partial charge in [-0.05, 0) is 31.9 Å². The van der Waals surface area contributed by atoms with Gasteiger partial charge in [0, 0.05) is 32.2 Å². The average Bonchev–Trinajstić information content (AvgIpc) is 3.40. The number of rotatable bonds is 6. The van der Waals surface area contributed by atoms with E-state index in [2.05, 4.69) is 26.5 Å². The Labute approximate surface area is 148 Å². The van der Waals surface area contributed by atoms with Gasteiger partial charge >= 0.3 is 6.03 Å². The fourth-order valence-electron chi connectivity index (χ4n) is 2.96. The zero-order valence-electron chi connectivity index (χ0n) is 14.7. The quantitative estimate of drug-likeness (QED) is 0.810. The van der Waals surface area contributed by atoms with Crippen LogP contribution >= 0.6 is 0 Å². The number of piperazine rings is 1. The summed E-state index contributed by atoms with van der Waals surface area (Å²) < 4.78 is 5.70. The number of anilines is 1. The fourth-order valence-corrected chi connectivity index (χ4v) is 2.96. The number of nitrogens with one attached hydrogen (secondary N) is 2. The highest BCUT2D eigenvalue weighted by Gasteiger charge is 2.25. The minimum atomic E-state index is -0.378. The molecule has 3 rings (SSSR count). The number of nitrogens with zero attached hydrogens (tertiary/aromatic N) is 2. The van der Waals surface area contributed by atoms with Gasteiger partial charge < -0.3 is 15.0 Å². The van der Waals surface area contributed by atoms with Crippen molar-refractivity contribution in [3.8, 4) is 5.75 Å². The SMILES string of the molecule is CCOc1ccccc1N1CCN(CC(=O)NC(=O)NC2CC2)CC1. The molecule has 3 amide bonds. The first kappa shape index (κ1) is 17.5. The lowest BCUT2D eigenvalue weighted by Gasteiger charge is -2.36. The topological polar surface area (TPSA) is 73.9 Å². The van der Waals surface area contributed by atoms with Crippen LogP contribution in [0.1, 0.15) is 19.8 Å². The molecule has 1 saturated carbocycles. The maximum atomic E-state index is 12.0. The Morgan fingerprint density at radius 3 is 2.56 bits per heavy atom. The lowest BCUT2D eigenvalue weighted by molar-refractivity contribution is -0.121. The molecule has 1 heterocycles. The molecule has 0 atom stereocenters. The maximum Gasteiger partial charge on any atom is 0.321 e. The summed E-state index contributed by atoms with van der Waals surface area (Å²) in [5.74, 6) is 0.647. The number of amides is 3. The van der Waals surface area contributed by atoms with Crippen LogP contribution in [-0.4, -0.2) is 62.2 Å². The van der Waals surface area contributed by atoms with Crippen molar-refractivity contribution < 1.29 is 14.3 Å². The van der Waals surface area contributed by atoms with E-state index in [9.17, 15) is 9.59 Å². The zero-order valence-corrected chi connectivity index (χ0v) is 14.7. The summed E-state index contributed by atoms with van der Waals surface area (Å²) in [4.78, 5) is 27.9. The van der Waals surface area contributed by atoms with Crippen LogP contribution in [0, 0.1) is 0 Å². The van der Waals surface area contributed by atoms with Crippen LogP contribution in [0.5, 0.6) is 5.75 Å². The molecule has 1 aliphatic carbocycles. The molecule has 7 nitrogen and oxygen atoms in total. The summed E-state index contributed by atoms with van der Waals surface area (Å²) in [6.45, 7) is 6.07. The molecule has 2 fully saturated rings. The smallest absolute Gasteiger partial charge is 0.321 e. The lowest BCUT2D eigenvalue weighted by atomic mass is 10.2. The first-order chi connectivity index (χ1) is 12.2. The lowest BCUT2D eigenvalue weighted by Crippen LogP contribution is -2.51. The van der Waals surface area contributed by atoms with Gasteiger partial charge in [0.15, 0.2) is 0 Å². The molecular weight excluding hydrogens is 320 g/mol. The molecule has 1 aromatic rings. The fraction of sp³-hybridized carbons (Fsp3) is 0.556. The Kier molecular flexibility index (Phi) is 5.75. The molecule has 7 heteroatoms. The number of imide groups is 1. The summed E-state index contributed by atoms with van der Waals surface area (Å²) in [7, 11) is 0. The predicted molar refractivity (Wildman–Crippen MR) is 96.0 cm³/mol. The highest BCUT2D eigenvalue weighted by molar-refractivity contribution is 5.95. The molecule has 0 bridgehead atoms. The van der Waals surface area contributed by atoms with E-state index in [0.717, 1.165) is 50.5 Å². The highest BCUT2D eigenvalue weighted by atomic mass is 16.5. The Hall–Kier alpha value is -2.28. The first-order valence-electron chi connectivity index (χ1n) is 8.95. The van der Waals surface area contributed by atoms with Crippen LogP contribution in [-0.2, 0) is 4.79 Å². The van der Waals surface area contributed by atoms with Crippen LogP contribution in [0.25, 0.3) is 0 Å². The Morgan fingerprint density at radius 1 is 1.16 bits per heavy atom. The summed E-state index contributed by atoms with van der Waals surface area (Å²) in [5.41, 5.74) is 1.09. The van der Waals surface area contributed by atoms with Crippen LogP contribution in [0.3, 0.4) is 0 Å². The third-order valence-electron chi connectivity index (χ3n) is 4.41. The number of benzene rings is 1. The standard InChI is InChI=1S/C18H26N4O3/c1-2-25-16-6-4-3-5-15(16)22-11-9-21(10-12-22)13-17(23)20-18(24)19-14-7-8-14/h3-6,14H,2,7-13H2,1H3,(H2,19,20,23,24). The maximum absolute atomic E-state index is 12.0. The molecule has 0 aromatic heterocycles. The number of ether oxygens (including phenoxy) is 1. The molecule has 0 spiro atoms. The monoisotopic (exact) mass is 346 g/mol. The van der Waals surface area contributed by atoms with Gasteiger partial charge in [0.25, 0.3) is 0 Å². The third-order valence-corrected chi connectivity index (χ3v) is 4.41. The average molecular weight is 346 g/mol. The van der Waals surface area contributed by atoms with E-state index in [1.165, 1.54) is 0 Å². The van der Waals surface area contributed by atoms with Crippen molar-refractivity contribution >= 4 is 17.6 Å². The molecule has 2 aliphatic rings. The number of hydrogen-bond donors (Lipinski definition) is 2. The van der Waals surface area contributed by atoms with E-state index in [1.807, 2.05) is 25.1 Å². The van der Waals surface area contributed by atoms with Crippen molar-refractivity contribution in [3.63, 3.8) is 0 Å². The molecule has 136 valence electrons. The summed E-state index contributed by atoms with van der Waals surface area (Å²) in [5, 5.41) is 5.16. The number of para-hydroxylation sites is 2. The first-order valence-corrected chi connectivity index (χ1v) is 8.95. The van der Waals surface area contributed by atoms with Gasteiger partial charge in [0.1, 0.15) is 5.75 Å². The van der Waals surface area contributed by atoms with Crippen molar-refractivity contribution in [2.45, 2.75) is 25.8 Å². The molecular formula is C18H26N4O3. The molecule has 2 N–H and O–H groups in total. The molecule has 1 aromatic carbocycles. The summed E-state index contributed by atoms with van der Waals surface area (Å²) in [6, 6.07) is 7.91. The van der Waals surface area contributed by atoms with Crippen molar-refractivity contribution in [2.75, 3.05) is 44.2 Å². The van der Waals surface area contributed by atoms with E-state index >= 15 is 0 Å². The second-order valence-corrected chi connectivity index (χ2v) is 6.46. The van der Waals surface area contributed by atoms with Gasteiger partial charge in [-0.1, -0.05) is 12.1 Å². The van der Waals surface area contributed by atoms with Crippen molar-refractivity contribution in [1.29, 1.82) is 0 Å². The van der Waals surface area contributed by atoms with Crippen molar-refractivity contribution in [1.82, 2.24) is 15.5 Å². The largest absolute Gasteiger partial charge is 0.492 e. The summed E-state index contributed by atoms with van der Waals surface area (Å²) in [6.07, 6.45) is 2.01. The number of hydrogen-bond acceptors (Lipinski definition) is 5. The molecule has 1 aliphatic heterocycles. The van der Waals surface area contributed by atoms with Crippen molar-refractivity contribution in [3.05, 3.63) is 24.3 Å². The second kappa shape index (κ2) is 8.20.